The van der Waals surface area contributed by atoms with Gasteiger partial charge in [0.2, 0.25) is 5.78 Å². The van der Waals surface area contributed by atoms with E-state index in [1.54, 1.807) is 24.3 Å². The number of para-hydroxylation sites is 1. The van der Waals surface area contributed by atoms with E-state index >= 15 is 0 Å². The quantitative estimate of drug-likeness (QED) is 0.680. The Morgan fingerprint density at radius 1 is 1.19 bits per heavy atom. The number of furan rings is 1. The molecule has 0 spiro atoms. The first kappa shape index (κ1) is 13.4. The predicted molar refractivity (Wildman–Crippen MR) is 77.2 cm³/mol. The highest BCUT2D eigenvalue weighted by molar-refractivity contribution is 5.98. The standard InChI is InChI=1S/C17H13FO3/c1-20-15-8-4-6-12(17(15)18)9-13(19)16-10-11-5-2-3-7-14(11)21-16/h2-8,10H,9H2,1H3. The number of halogens is 1. The highest BCUT2D eigenvalue weighted by atomic mass is 19.1. The first-order valence-corrected chi connectivity index (χ1v) is 6.52. The molecule has 0 bridgehead atoms. The molecule has 1 aromatic heterocycles. The van der Waals surface area contributed by atoms with Crippen molar-refractivity contribution in [1.82, 2.24) is 0 Å². The summed E-state index contributed by atoms with van der Waals surface area (Å²) in [4.78, 5) is 12.2. The molecule has 0 radical (unpaired) electrons. The maximum Gasteiger partial charge on any atom is 0.202 e. The van der Waals surface area contributed by atoms with E-state index in [9.17, 15) is 9.18 Å². The third kappa shape index (κ3) is 2.52. The van der Waals surface area contributed by atoms with E-state index in [1.165, 1.54) is 13.2 Å². The van der Waals surface area contributed by atoms with Crippen LogP contribution in [0.4, 0.5) is 4.39 Å². The summed E-state index contributed by atoms with van der Waals surface area (Å²) >= 11 is 0. The summed E-state index contributed by atoms with van der Waals surface area (Å²) in [6.07, 6.45) is -0.0666. The lowest BCUT2D eigenvalue weighted by atomic mass is 10.1. The van der Waals surface area contributed by atoms with Crippen LogP contribution in [0.15, 0.2) is 52.9 Å². The van der Waals surface area contributed by atoms with Crippen LogP contribution in [-0.2, 0) is 6.42 Å². The SMILES string of the molecule is COc1cccc(CC(=O)c2cc3ccccc3o2)c1F. The van der Waals surface area contributed by atoms with Crippen LogP contribution in [0.5, 0.6) is 5.75 Å². The number of carbonyl (C=O) groups excluding carboxylic acids is 1. The van der Waals surface area contributed by atoms with Gasteiger partial charge in [0.15, 0.2) is 17.3 Å². The molecule has 0 aliphatic heterocycles. The van der Waals surface area contributed by atoms with Gasteiger partial charge in [0, 0.05) is 11.8 Å². The molecular formula is C17H13FO3. The van der Waals surface area contributed by atoms with Crippen LogP contribution in [0.2, 0.25) is 0 Å². The van der Waals surface area contributed by atoms with Crippen LogP contribution in [0.1, 0.15) is 16.1 Å². The predicted octanol–water partition coefficient (Wildman–Crippen LogP) is 4.01. The summed E-state index contributed by atoms with van der Waals surface area (Å²) in [6, 6.07) is 13.8. The molecule has 0 saturated heterocycles. The van der Waals surface area contributed by atoms with Crippen molar-refractivity contribution in [3.8, 4) is 5.75 Å². The molecule has 1 heterocycles. The molecule has 0 aliphatic rings. The van der Waals surface area contributed by atoms with E-state index in [1.807, 2.05) is 18.2 Å². The van der Waals surface area contributed by atoms with E-state index in [2.05, 4.69) is 0 Å². The molecule has 3 aromatic rings. The lowest BCUT2D eigenvalue weighted by Gasteiger charge is -2.05. The number of hydrogen-bond acceptors (Lipinski definition) is 3. The fraction of sp³-hybridized carbons (Fsp3) is 0.118. The lowest BCUT2D eigenvalue weighted by molar-refractivity contribution is 0.0967. The molecule has 3 nitrogen and oxygen atoms in total. The maximum absolute atomic E-state index is 14.0. The van der Waals surface area contributed by atoms with Crippen molar-refractivity contribution in [2.45, 2.75) is 6.42 Å². The largest absolute Gasteiger partial charge is 0.494 e. The van der Waals surface area contributed by atoms with Gasteiger partial charge in [-0.05, 0) is 23.8 Å². The molecule has 3 rings (SSSR count). The summed E-state index contributed by atoms with van der Waals surface area (Å²) in [5.41, 5.74) is 0.937. The van der Waals surface area contributed by atoms with Gasteiger partial charge in [-0.25, -0.2) is 4.39 Å². The van der Waals surface area contributed by atoms with Gasteiger partial charge in [-0.3, -0.25) is 4.79 Å². The van der Waals surface area contributed by atoms with Crippen molar-refractivity contribution in [1.29, 1.82) is 0 Å². The van der Waals surface area contributed by atoms with Crippen molar-refractivity contribution in [3.05, 3.63) is 65.7 Å². The molecule has 0 saturated carbocycles. The normalized spacial score (nSPS) is 10.8. The van der Waals surface area contributed by atoms with Crippen LogP contribution in [0, 0.1) is 5.82 Å². The van der Waals surface area contributed by atoms with E-state index in [0.29, 0.717) is 11.1 Å². The van der Waals surface area contributed by atoms with Gasteiger partial charge < -0.3 is 9.15 Å². The second kappa shape index (κ2) is 5.40. The lowest BCUT2D eigenvalue weighted by Crippen LogP contribution is -2.05. The Balaban J connectivity index is 1.89. The van der Waals surface area contributed by atoms with Gasteiger partial charge in [0.05, 0.1) is 7.11 Å². The van der Waals surface area contributed by atoms with Crippen molar-refractivity contribution >= 4 is 16.8 Å². The summed E-state index contributed by atoms with van der Waals surface area (Å²) < 4.78 is 24.5. The van der Waals surface area contributed by atoms with E-state index in [0.717, 1.165) is 5.39 Å². The molecule has 21 heavy (non-hydrogen) atoms. The number of benzene rings is 2. The summed E-state index contributed by atoms with van der Waals surface area (Å²) in [7, 11) is 1.39. The highest BCUT2D eigenvalue weighted by Crippen LogP contribution is 2.23. The molecule has 106 valence electrons. The minimum Gasteiger partial charge on any atom is -0.494 e. The Labute approximate surface area is 120 Å². The summed E-state index contributed by atoms with van der Waals surface area (Å²) in [5, 5.41) is 0.854. The average Bonchev–Trinajstić information content (AvgIpc) is 2.93. The van der Waals surface area contributed by atoms with Crippen molar-refractivity contribution in [3.63, 3.8) is 0 Å². The molecular weight excluding hydrogens is 271 g/mol. The first-order chi connectivity index (χ1) is 10.2. The van der Waals surface area contributed by atoms with E-state index < -0.39 is 5.82 Å². The van der Waals surface area contributed by atoms with Gasteiger partial charge in [0.1, 0.15) is 5.58 Å². The third-order valence-corrected chi connectivity index (χ3v) is 3.31. The Hall–Kier alpha value is -2.62. The Kier molecular flexibility index (Phi) is 3.44. The molecule has 0 unspecified atom stereocenters. The van der Waals surface area contributed by atoms with Gasteiger partial charge >= 0.3 is 0 Å². The second-order valence-electron chi connectivity index (χ2n) is 4.68. The van der Waals surface area contributed by atoms with Crippen LogP contribution in [0.25, 0.3) is 11.0 Å². The molecule has 0 N–H and O–H groups in total. The summed E-state index contributed by atoms with van der Waals surface area (Å²) in [5.74, 6) is -0.411. The molecule has 4 heteroatoms. The van der Waals surface area contributed by atoms with Gasteiger partial charge in [-0.2, -0.15) is 0 Å². The monoisotopic (exact) mass is 284 g/mol. The zero-order chi connectivity index (χ0) is 14.8. The zero-order valence-electron chi connectivity index (χ0n) is 11.4. The smallest absolute Gasteiger partial charge is 0.202 e. The molecule has 0 atom stereocenters. The third-order valence-electron chi connectivity index (χ3n) is 3.31. The number of rotatable bonds is 4. The maximum atomic E-state index is 14.0. The Morgan fingerprint density at radius 3 is 2.76 bits per heavy atom. The van der Waals surface area contributed by atoms with Crippen molar-refractivity contribution in [2.24, 2.45) is 0 Å². The minimum absolute atomic E-state index is 0.0666. The average molecular weight is 284 g/mol. The highest BCUT2D eigenvalue weighted by Gasteiger charge is 2.16. The van der Waals surface area contributed by atoms with Crippen molar-refractivity contribution in [2.75, 3.05) is 7.11 Å². The number of Topliss-reactive ketones (excluding diaryl/α,β-unsaturated/α-hetero) is 1. The number of fused-ring (bicyclic) bond motifs is 1. The fourth-order valence-electron chi connectivity index (χ4n) is 2.23. The van der Waals surface area contributed by atoms with E-state index in [-0.39, 0.29) is 23.7 Å². The molecule has 0 fully saturated rings. The Morgan fingerprint density at radius 2 is 2.00 bits per heavy atom. The minimum atomic E-state index is -0.510. The van der Waals surface area contributed by atoms with Crippen LogP contribution in [-0.4, -0.2) is 12.9 Å². The number of methoxy groups -OCH3 is 1. The molecule has 0 amide bonds. The van der Waals surface area contributed by atoms with Crippen LogP contribution >= 0.6 is 0 Å². The molecule has 2 aromatic carbocycles. The fourth-order valence-corrected chi connectivity index (χ4v) is 2.23. The van der Waals surface area contributed by atoms with E-state index in [4.69, 9.17) is 9.15 Å². The number of ketones is 1. The number of carbonyl (C=O) groups is 1. The second-order valence-corrected chi connectivity index (χ2v) is 4.68. The van der Waals surface area contributed by atoms with Crippen molar-refractivity contribution < 1.29 is 18.3 Å². The van der Waals surface area contributed by atoms with Crippen LogP contribution < -0.4 is 4.74 Å². The van der Waals surface area contributed by atoms with Gasteiger partial charge in [0.25, 0.3) is 0 Å². The number of hydrogen-bond donors (Lipinski definition) is 0. The first-order valence-electron chi connectivity index (χ1n) is 6.52. The Bertz CT molecular complexity index is 772. The van der Waals surface area contributed by atoms with Gasteiger partial charge in [-0.1, -0.05) is 30.3 Å². The topological polar surface area (TPSA) is 39.4 Å². The summed E-state index contributed by atoms with van der Waals surface area (Å²) in [6.45, 7) is 0. The van der Waals surface area contributed by atoms with Crippen LogP contribution in [0.3, 0.4) is 0 Å². The molecule has 0 aliphatic carbocycles. The van der Waals surface area contributed by atoms with Gasteiger partial charge in [-0.15, -0.1) is 0 Å². The number of ether oxygens (including phenoxy) is 1. The zero-order valence-corrected chi connectivity index (χ0v) is 11.4.